The monoisotopic (exact) mass is 203 g/mol. The summed E-state index contributed by atoms with van der Waals surface area (Å²) in [6, 6.07) is 3.74. The second kappa shape index (κ2) is 4.59. The third kappa shape index (κ3) is 2.56. The minimum Gasteiger partial charge on any atom is -0.487 e. The molecule has 2 heterocycles. The van der Waals surface area contributed by atoms with Gasteiger partial charge in [-0.25, -0.2) is 0 Å². The lowest BCUT2D eigenvalue weighted by molar-refractivity contribution is 0.305. The fourth-order valence-electron chi connectivity index (χ4n) is 1.25. The largest absolute Gasteiger partial charge is 0.487 e. The molecule has 0 unspecified atom stereocenters. The van der Waals surface area contributed by atoms with Crippen molar-refractivity contribution in [1.29, 1.82) is 0 Å². The molecule has 2 rings (SSSR count). The highest BCUT2D eigenvalue weighted by Gasteiger charge is 1.98. The zero-order valence-corrected chi connectivity index (χ0v) is 8.63. The van der Waals surface area contributed by atoms with Gasteiger partial charge >= 0.3 is 0 Å². The summed E-state index contributed by atoms with van der Waals surface area (Å²) in [5.74, 6) is 0.779. The van der Waals surface area contributed by atoms with Gasteiger partial charge in [0.05, 0.1) is 12.4 Å². The molecule has 0 aliphatic carbocycles. The predicted molar refractivity (Wildman–Crippen MR) is 56.5 cm³/mol. The maximum Gasteiger partial charge on any atom is 0.138 e. The minimum atomic E-state index is 0.533. The van der Waals surface area contributed by atoms with E-state index in [4.69, 9.17) is 4.74 Å². The molecule has 0 saturated carbocycles. The highest BCUT2D eigenvalue weighted by atomic mass is 16.5. The van der Waals surface area contributed by atoms with Crippen LogP contribution in [0.15, 0.2) is 36.9 Å². The van der Waals surface area contributed by atoms with Gasteiger partial charge < -0.3 is 4.74 Å². The van der Waals surface area contributed by atoms with E-state index in [0.29, 0.717) is 6.61 Å². The Morgan fingerprint density at radius 2 is 2.33 bits per heavy atom. The Balaban J connectivity index is 1.93. The van der Waals surface area contributed by atoms with E-state index in [1.54, 1.807) is 12.4 Å². The van der Waals surface area contributed by atoms with Crippen molar-refractivity contribution >= 4 is 0 Å². The fraction of sp³-hybridized carbons (Fsp3) is 0.273. The van der Waals surface area contributed by atoms with Crippen LogP contribution in [0, 0.1) is 0 Å². The molecule has 0 N–H and O–H groups in total. The summed E-state index contributed by atoms with van der Waals surface area (Å²) >= 11 is 0. The third-order valence-corrected chi connectivity index (χ3v) is 2.05. The molecule has 0 spiro atoms. The van der Waals surface area contributed by atoms with Crippen LogP contribution < -0.4 is 4.74 Å². The highest BCUT2D eigenvalue weighted by Crippen LogP contribution is 2.09. The molecule has 78 valence electrons. The van der Waals surface area contributed by atoms with Gasteiger partial charge in [0, 0.05) is 24.5 Å². The Kier molecular flexibility index (Phi) is 2.97. The average Bonchev–Trinajstić information content (AvgIpc) is 2.76. The molecular weight excluding hydrogens is 190 g/mol. The summed E-state index contributed by atoms with van der Waals surface area (Å²) < 4.78 is 7.41. The molecule has 0 fully saturated rings. The van der Waals surface area contributed by atoms with Crippen LogP contribution in [-0.4, -0.2) is 14.8 Å². The van der Waals surface area contributed by atoms with Crippen molar-refractivity contribution in [2.45, 2.75) is 20.1 Å². The van der Waals surface area contributed by atoms with Gasteiger partial charge in [0.25, 0.3) is 0 Å². The van der Waals surface area contributed by atoms with Crippen molar-refractivity contribution in [3.8, 4) is 5.75 Å². The van der Waals surface area contributed by atoms with E-state index in [9.17, 15) is 0 Å². The van der Waals surface area contributed by atoms with Crippen molar-refractivity contribution in [3.63, 3.8) is 0 Å². The van der Waals surface area contributed by atoms with E-state index in [1.165, 1.54) is 0 Å². The molecule has 0 bridgehead atoms. The van der Waals surface area contributed by atoms with Crippen molar-refractivity contribution < 1.29 is 4.74 Å². The lowest BCUT2D eigenvalue weighted by Crippen LogP contribution is -1.95. The van der Waals surface area contributed by atoms with Gasteiger partial charge in [0.2, 0.25) is 0 Å². The number of rotatable bonds is 4. The van der Waals surface area contributed by atoms with Crippen LogP contribution in [0.3, 0.4) is 0 Å². The van der Waals surface area contributed by atoms with Crippen LogP contribution in [0.4, 0.5) is 0 Å². The van der Waals surface area contributed by atoms with E-state index < -0.39 is 0 Å². The Labute approximate surface area is 88.5 Å². The van der Waals surface area contributed by atoms with Crippen LogP contribution in [0.2, 0.25) is 0 Å². The van der Waals surface area contributed by atoms with Crippen molar-refractivity contribution in [1.82, 2.24) is 14.8 Å². The van der Waals surface area contributed by atoms with Crippen LogP contribution in [0.25, 0.3) is 0 Å². The van der Waals surface area contributed by atoms with E-state index in [1.807, 2.05) is 29.2 Å². The number of nitrogens with zero attached hydrogens (tertiary/aromatic N) is 3. The molecule has 0 amide bonds. The maximum atomic E-state index is 5.53. The van der Waals surface area contributed by atoms with Gasteiger partial charge in [0.15, 0.2) is 0 Å². The van der Waals surface area contributed by atoms with Crippen LogP contribution in [0.5, 0.6) is 5.75 Å². The quantitative estimate of drug-likeness (QED) is 0.761. The first-order valence-corrected chi connectivity index (χ1v) is 4.92. The number of hydrogen-bond donors (Lipinski definition) is 0. The Morgan fingerprint density at radius 1 is 1.40 bits per heavy atom. The molecule has 15 heavy (non-hydrogen) atoms. The number of pyridine rings is 1. The molecule has 0 aromatic carbocycles. The molecule has 4 heteroatoms. The summed E-state index contributed by atoms with van der Waals surface area (Å²) in [5.41, 5.74) is 1.07. The molecule has 0 atom stereocenters. The third-order valence-electron chi connectivity index (χ3n) is 2.05. The molecular formula is C11H13N3O. The molecule has 0 aliphatic rings. The van der Waals surface area contributed by atoms with Gasteiger partial charge in [-0.15, -0.1) is 0 Å². The van der Waals surface area contributed by atoms with Gasteiger partial charge in [-0.05, 0) is 19.1 Å². The molecule has 2 aromatic heterocycles. The van der Waals surface area contributed by atoms with Crippen molar-refractivity contribution in [3.05, 3.63) is 42.5 Å². The summed E-state index contributed by atoms with van der Waals surface area (Å²) in [6.45, 7) is 3.47. The SMILES string of the molecule is CCn1cc(COc2cccnc2)cn1. The minimum absolute atomic E-state index is 0.533. The number of hydrogen-bond acceptors (Lipinski definition) is 3. The number of aryl methyl sites for hydroxylation is 1. The lowest BCUT2D eigenvalue weighted by Gasteiger charge is -2.02. The van der Waals surface area contributed by atoms with Crippen molar-refractivity contribution in [2.24, 2.45) is 0 Å². The van der Waals surface area contributed by atoms with Crippen LogP contribution in [-0.2, 0) is 13.2 Å². The summed E-state index contributed by atoms with van der Waals surface area (Å²) in [4.78, 5) is 3.97. The zero-order valence-electron chi connectivity index (χ0n) is 8.63. The Morgan fingerprint density at radius 3 is 3.00 bits per heavy atom. The van der Waals surface area contributed by atoms with Crippen LogP contribution >= 0.6 is 0 Å². The first kappa shape index (κ1) is 9.71. The second-order valence-electron chi connectivity index (χ2n) is 3.18. The average molecular weight is 203 g/mol. The maximum absolute atomic E-state index is 5.53. The first-order chi connectivity index (χ1) is 7.38. The summed E-state index contributed by atoms with van der Waals surface area (Å²) in [6.07, 6.45) is 7.22. The normalized spacial score (nSPS) is 10.2. The van der Waals surface area contributed by atoms with Gasteiger partial charge in [-0.1, -0.05) is 0 Å². The van der Waals surface area contributed by atoms with Gasteiger partial charge in [-0.2, -0.15) is 5.10 Å². The molecule has 4 nitrogen and oxygen atoms in total. The van der Waals surface area contributed by atoms with E-state index in [0.717, 1.165) is 17.9 Å². The topological polar surface area (TPSA) is 39.9 Å². The first-order valence-electron chi connectivity index (χ1n) is 4.92. The van der Waals surface area contributed by atoms with E-state index in [-0.39, 0.29) is 0 Å². The fourth-order valence-corrected chi connectivity index (χ4v) is 1.25. The van der Waals surface area contributed by atoms with Crippen molar-refractivity contribution in [2.75, 3.05) is 0 Å². The molecule has 0 radical (unpaired) electrons. The summed E-state index contributed by atoms with van der Waals surface area (Å²) in [7, 11) is 0. The Bertz CT molecular complexity index is 411. The molecule has 2 aromatic rings. The van der Waals surface area contributed by atoms with Gasteiger partial charge in [0.1, 0.15) is 12.4 Å². The van der Waals surface area contributed by atoms with Gasteiger partial charge in [-0.3, -0.25) is 9.67 Å². The smallest absolute Gasteiger partial charge is 0.138 e. The molecule has 0 aliphatic heterocycles. The predicted octanol–water partition coefficient (Wildman–Crippen LogP) is 1.88. The highest BCUT2D eigenvalue weighted by molar-refractivity contribution is 5.16. The lowest BCUT2D eigenvalue weighted by atomic mass is 10.4. The Hall–Kier alpha value is -1.84. The zero-order chi connectivity index (χ0) is 10.5. The number of ether oxygens (including phenoxy) is 1. The van der Waals surface area contributed by atoms with E-state index in [2.05, 4.69) is 17.0 Å². The van der Waals surface area contributed by atoms with Crippen LogP contribution in [0.1, 0.15) is 12.5 Å². The molecule has 0 saturated heterocycles. The summed E-state index contributed by atoms with van der Waals surface area (Å²) in [5, 5.41) is 4.17. The van der Waals surface area contributed by atoms with E-state index >= 15 is 0 Å². The standard InChI is InChI=1S/C11H13N3O/c1-2-14-8-10(6-13-14)9-15-11-4-3-5-12-7-11/h3-8H,2,9H2,1H3. The second-order valence-corrected chi connectivity index (χ2v) is 3.18. The number of aromatic nitrogens is 3.